The molecule has 20 heavy (non-hydrogen) atoms. The molecule has 1 N–H and O–H groups in total. The van der Waals surface area contributed by atoms with Crippen LogP contribution in [0.1, 0.15) is 58.2 Å². The third-order valence-corrected chi connectivity index (χ3v) is 3.59. The Balaban J connectivity index is 2.08. The molecule has 1 aromatic rings. The van der Waals surface area contributed by atoms with Gasteiger partial charge in [-0.05, 0) is 47.0 Å². The smallest absolute Gasteiger partial charge is 0.225 e. The second-order valence-electron chi connectivity index (χ2n) is 6.81. The van der Waals surface area contributed by atoms with Gasteiger partial charge in [0, 0.05) is 42.1 Å². The van der Waals surface area contributed by atoms with E-state index >= 15 is 0 Å². The number of rotatable bonds is 6. The highest BCUT2D eigenvalue weighted by molar-refractivity contribution is 5.36. The normalized spacial score (nSPS) is 15.4. The molecule has 0 spiro atoms. The monoisotopic (exact) mass is 276 g/mol. The van der Waals surface area contributed by atoms with Crippen LogP contribution < -0.4 is 10.2 Å². The molecule has 0 amide bonds. The fourth-order valence-electron chi connectivity index (χ4n) is 2.23. The van der Waals surface area contributed by atoms with E-state index in [-0.39, 0.29) is 5.54 Å². The van der Waals surface area contributed by atoms with Gasteiger partial charge in [-0.2, -0.15) is 0 Å². The molecule has 1 aliphatic carbocycles. The second kappa shape index (κ2) is 6.08. The van der Waals surface area contributed by atoms with Gasteiger partial charge in [0.1, 0.15) is 0 Å². The molecule has 1 fully saturated rings. The van der Waals surface area contributed by atoms with Gasteiger partial charge in [-0.3, -0.25) is 0 Å². The molecule has 1 heterocycles. The zero-order chi connectivity index (χ0) is 14.8. The molecule has 0 aromatic carbocycles. The molecular weight excluding hydrogens is 248 g/mol. The van der Waals surface area contributed by atoms with E-state index in [2.05, 4.69) is 49.8 Å². The van der Waals surface area contributed by atoms with E-state index in [1.54, 1.807) is 0 Å². The van der Waals surface area contributed by atoms with Crippen LogP contribution in [0.2, 0.25) is 0 Å². The Hall–Kier alpha value is -1.16. The van der Waals surface area contributed by atoms with Crippen molar-refractivity contribution in [2.45, 2.75) is 72.0 Å². The Kier molecular flexibility index (Phi) is 4.63. The Morgan fingerprint density at radius 2 is 2.05 bits per heavy atom. The summed E-state index contributed by atoms with van der Waals surface area (Å²) in [6.45, 7) is 12.7. The van der Waals surface area contributed by atoms with Crippen molar-refractivity contribution in [3.8, 4) is 0 Å². The lowest BCUT2D eigenvalue weighted by Crippen LogP contribution is -2.35. The fourth-order valence-corrected chi connectivity index (χ4v) is 2.23. The average molecular weight is 276 g/mol. The van der Waals surface area contributed by atoms with E-state index < -0.39 is 0 Å². The van der Waals surface area contributed by atoms with Crippen molar-refractivity contribution in [3.05, 3.63) is 17.5 Å². The van der Waals surface area contributed by atoms with Gasteiger partial charge in [-0.1, -0.05) is 6.92 Å². The Labute approximate surface area is 123 Å². The van der Waals surface area contributed by atoms with Gasteiger partial charge in [0.2, 0.25) is 5.95 Å². The summed E-state index contributed by atoms with van der Waals surface area (Å²) in [6.07, 6.45) is 5.71. The van der Waals surface area contributed by atoms with Crippen molar-refractivity contribution in [1.29, 1.82) is 0 Å². The molecule has 112 valence electrons. The van der Waals surface area contributed by atoms with Crippen molar-refractivity contribution < 1.29 is 0 Å². The van der Waals surface area contributed by atoms with Gasteiger partial charge in [0.15, 0.2) is 0 Å². The van der Waals surface area contributed by atoms with Gasteiger partial charge in [0.05, 0.1) is 0 Å². The standard InChI is InChI=1S/C16H28N4/c1-6-9-20(14-7-8-14)15-17-10-13(12(2)19-15)11-18-16(3,4)5/h10,14,18H,6-9,11H2,1-5H3. The van der Waals surface area contributed by atoms with Crippen LogP contribution in [0.25, 0.3) is 0 Å². The van der Waals surface area contributed by atoms with Crippen LogP contribution in [0.3, 0.4) is 0 Å². The summed E-state index contributed by atoms with van der Waals surface area (Å²) in [5, 5.41) is 3.49. The van der Waals surface area contributed by atoms with Crippen LogP contribution >= 0.6 is 0 Å². The minimum absolute atomic E-state index is 0.118. The van der Waals surface area contributed by atoms with Crippen LogP contribution in [0.15, 0.2) is 6.20 Å². The summed E-state index contributed by atoms with van der Waals surface area (Å²) in [4.78, 5) is 11.7. The van der Waals surface area contributed by atoms with Crippen molar-refractivity contribution in [3.63, 3.8) is 0 Å². The van der Waals surface area contributed by atoms with Crippen LogP contribution in [0.4, 0.5) is 5.95 Å². The van der Waals surface area contributed by atoms with E-state index in [1.165, 1.54) is 18.4 Å². The van der Waals surface area contributed by atoms with Gasteiger partial charge in [0.25, 0.3) is 0 Å². The maximum Gasteiger partial charge on any atom is 0.225 e. The van der Waals surface area contributed by atoms with Gasteiger partial charge >= 0.3 is 0 Å². The topological polar surface area (TPSA) is 41.1 Å². The molecule has 0 aliphatic heterocycles. The highest BCUT2D eigenvalue weighted by atomic mass is 15.3. The maximum atomic E-state index is 4.73. The van der Waals surface area contributed by atoms with E-state index in [0.717, 1.165) is 31.2 Å². The van der Waals surface area contributed by atoms with Crippen LogP contribution in [0.5, 0.6) is 0 Å². The molecule has 4 heteroatoms. The molecule has 0 radical (unpaired) electrons. The molecule has 0 atom stereocenters. The number of anilines is 1. The summed E-state index contributed by atoms with van der Waals surface area (Å²) in [6, 6.07) is 0.674. The molecule has 0 bridgehead atoms. The predicted molar refractivity (Wildman–Crippen MR) is 84.0 cm³/mol. The quantitative estimate of drug-likeness (QED) is 0.867. The number of hydrogen-bond acceptors (Lipinski definition) is 4. The lowest BCUT2D eigenvalue weighted by Gasteiger charge is -2.23. The Morgan fingerprint density at radius 3 is 2.55 bits per heavy atom. The van der Waals surface area contributed by atoms with E-state index in [0.29, 0.717) is 6.04 Å². The van der Waals surface area contributed by atoms with Crippen molar-refractivity contribution >= 4 is 5.95 Å². The largest absolute Gasteiger partial charge is 0.338 e. The maximum absolute atomic E-state index is 4.73. The van der Waals surface area contributed by atoms with Crippen LogP contribution in [0, 0.1) is 6.92 Å². The fraction of sp³-hybridized carbons (Fsp3) is 0.750. The summed E-state index contributed by atoms with van der Waals surface area (Å²) in [5.41, 5.74) is 2.40. The molecule has 1 aliphatic rings. The average Bonchev–Trinajstić information content (AvgIpc) is 3.17. The number of nitrogens with zero attached hydrogens (tertiary/aromatic N) is 3. The highest BCUT2D eigenvalue weighted by Crippen LogP contribution is 2.30. The first-order valence-corrected chi connectivity index (χ1v) is 7.75. The molecule has 2 rings (SSSR count). The zero-order valence-electron chi connectivity index (χ0n) is 13.5. The minimum Gasteiger partial charge on any atom is -0.338 e. The van der Waals surface area contributed by atoms with E-state index in [1.807, 2.05) is 6.20 Å². The minimum atomic E-state index is 0.118. The first-order valence-electron chi connectivity index (χ1n) is 7.75. The van der Waals surface area contributed by atoms with Crippen molar-refractivity contribution in [2.24, 2.45) is 0 Å². The van der Waals surface area contributed by atoms with Gasteiger partial charge < -0.3 is 10.2 Å². The van der Waals surface area contributed by atoms with Crippen LogP contribution in [-0.2, 0) is 6.54 Å². The first-order chi connectivity index (χ1) is 9.40. The molecule has 1 aromatic heterocycles. The number of hydrogen-bond donors (Lipinski definition) is 1. The number of nitrogens with one attached hydrogen (secondary N) is 1. The molecule has 0 saturated heterocycles. The Bertz CT molecular complexity index is 446. The molecule has 1 saturated carbocycles. The predicted octanol–water partition coefficient (Wildman–Crippen LogP) is 3.05. The number of aromatic nitrogens is 2. The highest BCUT2D eigenvalue weighted by Gasteiger charge is 2.30. The van der Waals surface area contributed by atoms with Crippen LogP contribution in [-0.4, -0.2) is 28.1 Å². The third kappa shape index (κ3) is 4.17. The summed E-state index contributed by atoms with van der Waals surface area (Å²) in [7, 11) is 0. The Morgan fingerprint density at radius 1 is 1.35 bits per heavy atom. The van der Waals surface area contributed by atoms with Gasteiger partial charge in [-0.25, -0.2) is 9.97 Å². The third-order valence-electron chi connectivity index (χ3n) is 3.59. The summed E-state index contributed by atoms with van der Waals surface area (Å²) in [5.74, 6) is 0.909. The zero-order valence-corrected chi connectivity index (χ0v) is 13.5. The first kappa shape index (κ1) is 15.2. The van der Waals surface area contributed by atoms with Gasteiger partial charge in [-0.15, -0.1) is 0 Å². The summed E-state index contributed by atoms with van der Waals surface area (Å²) >= 11 is 0. The van der Waals surface area contributed by atoms with Crippen molar-refractivity contribution in [2.75, 3.05) is 11.4 Å². The lowest BCUT2D eigenvalue weighted by atomic mass is 10.1. The second-order valence-corrected chi connectivity index (χ2v) is 6.81. The number of aryl methyl sites for hydroxylation is 1. The summed E-state index contributed by atoms with van der Waals surface area (Å²) < 4.78 is 0. The molecule has 0 unspecified atom stereocenters. The van der Waals surface area contributed by atoms with E-state index in [9.17, 15) is 0 Å². The van der Waals surface area contributed by atoms with E-state index in [4.69, 9.17) is 4.98 Å². The SMILES string of the molecule is CCCN(c1ncc(CNC(C)(C)C)c(C)n1)C1CC1. The molecular formula is C16H28N4. The lowest BCUT2D eigenvalue weighted by molar-refractivity contribution is 0.423. The van der Waals surface area contributed by atoms with Crippen molar-refractivity contribution in [1.82, 2.24) is 15.3 Å². The molecule has 4 nitrogen and oxygen atoms in total.